The fourth-order valence-corrected chi connectivity index (χ4v) is 3.19. The predicted octanol–water partition coefficient (Wildman–Crippen LogP) is -0.126. The van der Waals surface area contributed by atoms with E-state index in [1.807, 2.05) is 0 Å². The van der Waals surface area contributed by atoms with Crippen LogP contribution in [0.1, 0.15) is 24.5 Å². The van der Waals surface area contributed by atoms with Crippen molar-refractivity contribution < 1.29 is 34.2 Å². The number of benzene rings is 2. The number of rotatable bonds is 13. The maximum Gasteiger partial charge on any atom is 0.322 e. The summed E-state index contributed by atoms with van der Waals surface area (Å²) in [6.07, 6.45) is 0.695. The van der Waals surface area contributed by atoms with Gasteiger partial charge < -0.3 is 31.5 Å². The van der Waals surface area contributed by atoms with Crippen molar-refractivity contribution in [3.8, 4) is 5.75 Å². The van der Waals surface area contributed by atoms with E-state index in [1.54, 1.807) is 42.5 Å². The lowest BCUT2D eigenvalue weighted by Crippen LogP contribution is -2.54. The van der Waals surface area contributed by atoms with Crippen molar-refractivity contribution in [3.05, 3.63) is 65.7 Å². The number of nitrogens with one attached hydrogen (secondary N) is 4. The van der Waals surface area contributed by atoms with Crippen molar-refractivity contribution in [3.63, 3.8) is 0 Å². The number of amides is 4. The van der Waals surface area contributed by atoms with E-state index >= 15 is 0 Å². The number of hydrogen-bond acceptors (Lipinski definition) is 6. The van der Waals surface area contributed by atoms with Crippen molar-refractivity contribution >= 4 is 29.6 Å². The van der Waals surface area contributed by atoms with E-state index in [4.69, 9.17) is 5.11 Å². The lowest BCUT2D eigenvalue weighted by atomic mass is 10.0. The lowest BCUT2D eigenvalue weighted by Gasteiger charge is -2.21. The molecule has 0 unspecified atom stereocenters. The summed E-state index contributed by atoms with van der Waals surface area (Å²) in [5, 5.41) is 27.7. The number of hydrogen-bond donors (Lipinski definition) is 6. The maximum atomic E-state index is 12.8. The van der Waals surface area contributed by atoms with Crippen LogP contribution in [0.15, 0.2) is 54.6 Å². The molecule has 2 rings (SSSR count). The maximum absolute atomic E-state index is 12.8. The summed E-state index contributed by atoms with van der Waals surface area (Å²) in [4.78, 5) is 60.1. The molecule has 0 aliphatic rings. The Labute approximate surface area is 208 Å². The van der Waals surface area contributed by atoms with Gasteiger partial charge in [-0.15, -0.1) is 0 Å². The molecule has 6 N–H and O–H groups in total. The van der Waals surface area contributed by atoms with E-state index in [0.717, 1.165) is 11.1 Å². The number of aliphatic carboxylic acids is 1. The highest BCUT2D eigenvalue weighted by Crippen LogP contribution is 2.11. The van der Waals surface area contributed by atoms with Gasteiger partial charge >= 0.3 is 5.97 Å². The average molecular weight is 499 g/mol. The monoisotopic (exact) mass is 498 g/mol. The van der Waals surface area contributed by atoms with Crippen molar-refractivity contribution in [2.75, 3.05) is 13.1 Å². The predicted molar refractivity (Wildman–Crippen MR) is 130 cm³/mol. The molecule has 2 aromatic rings. The SMILES string of the molecule is C[C@H](NC(=O)[C@H](Cc1ccccc1)NC(=O)CNC(=O)CCc1ccc(O)cc1)C(=O)NCC(=O)O. The highest BCUT2D eigenvalue weighted by molar-refractivity contribution is 5.93. The van der Waals surface area contributed by atoms with Gasteiger partial charge in [0.05, 0.1) is 6.54 Å². The van der Waals surface area contributed by atoms with Crippen LogP contribution < -0.4 is 21.3 Å². The van der Waals surface area contributed by atoms with Gasteiger partial charge in [-0.3, -0.25) is 24.0 Å². The van der Waals surface area contributed by atoms with Crippen molar-refractivity contribution in [2.24, 2.45) is 0 Å². The van der Waals surface area contributed by atoms with Crippen LogP contribution in [-0.4, -0.2) is 65.0 Å². The topological polar surface area (TPSA) is 174 Å². The van der Waals surface area contributed by atoms with Gasteiger partial charge in [-0.25, -0.2) is 0 Å². The molecule has 11 nitrogen and oxygen atoms in total. The van der Waals surface area contributed by atoms with Crippen molar-refractivity contribution in [1.82, 2.24) is 21.3 Å². The Morgan fingerprint density at radius 3 is 2.08 bits per heavy atom. The van der Waals surface area contributed by atoms with Crippen LogP contribution in [0.25, 0.3) is 0 Å². The van der Waals surface area contributed by atoms with Gasteiger partial charge in [-0.05, 0) is 36.6 Å². The van der Waals surface area contributed by atoms with Crippen molar-refractivity contribution in [2.45, 2.75) is 38.3 Å². The molecule has 0 heterocycles. The molecule has 0 aliphatic carbocycles. The molecule has 2 aromatic carbocycles. The normalized spacial score (nSPS) is 12.0. The van der Waals surface area contributed by atoms with Crippen molar-refractivity contribution in [1.29, 1.82) is 0 Å². The molecule has 4 amide bonds. The van der Waals surface area contributed by atoms with Gasteiger partial charge in [0.2, 0.25) is 23.6 Å². The zero-order chi connectivity index (χ0) is 26.5. The number of aryl methyl sites for hydroxylation is 1. The molecular formula is C25H30N4O7. The molecule has 0 fully saturated rings. The Bertz CT molecular complexity index is 1060. The third kappa shape index (κ3) is 10.2. The first-order chi connectivity index (χ1) is 17.1. The molecule has 2 atom stereocenters. The summed E-state index contributed by atoms with van der Waals surface area (Å²) in [5.74, 6) is -3.36. The fraction of sp³-hybridized carbons (Fsp3) is 0.320. The van der Waals surface area contributed by atoms with Gasteiger partial charge in [0.1, 0.15) is 24.4 Å². The molecule has 0 radical (unpaired) electrons. The Morgan fingerprint density at radius 1 is 0.778 bits per heavy atom. The molecule has 0 saturated carbocycles. The first kappa shape index (κ1) is 27.8. The minimum absolute atomic E-state index is 0.129. The van der Waals surface area contributed by atoms with Crippen LogP contribution in [0.5, 0.6) is 5.75 Å². The van der Waals surface area contributed by atoms with Crippen LogP contribution >= 0.6 is 0 Å². The average Bonchev–Trinajstić information content (AvgIpc) is 2.85. The molecule has 0 saturated heterocycles. The summed E-state index contributed by atoms with van der Waals surface area (Å²) in [6.45, 7) is 0.460. The van der Waals surface area contributed by atoms with Gasteiger partial charge in [-0.2, -0.15) is 0 Å². The first-order valence-corrected chi connectivity index (χ1v) is 11.3. The lowest BCUT2D eigenvalue weighted by molar-refractivity contribution is -0.138. The molecule has 0 aromatic heterocycles. The number of carbonyl (C=O) groups excluding carboxylic acids is 4. The van der Waals surface area contributed by atoms with E-state index in [9.17, 15) is 29.1 Å². The van der Waals surface area contributed by atoms with E-state index in [2.05, 4.69) is 21.3 Å². The second-order valence-electron chi connectivity index (χ2n) is 8.09. The third-order valence-electron chi connectivity index (χ3n) is 5.12. The number of carboxylic acids is 1. The number of carboxylic acid groups (broad SMARTS) is 1. The molecule has 11 heteroatoms. The van der Waals surface area contributed by atoms with Gasteiger partial charge in [0.25, 0.3) is 0 Å². The van der Waals surface area contributed by atoms with E-state index in [0.29, 0.717) is 6.42 Å². The summed E-state index contributed by atoms with van der Waals surface area (Å²) < 4.78 is 0. The third-order valence-corrected chi connectivity index (χ3v) is 5.12. The number of phenolic OH excluding ortho intramolecular Hbond substituents is 1. The molecule has 192 valence electrons. The highest BCUT2D eigenvalue weighted by atomic mass is 16.4. The molecule has 0 bridgehead atoms. The number of aromatic hydroxyl groups is 1. The highest BCUT2D eigenvalue weighted by Gasteiger charge is 2.25. The molecular weight excluding hydrogens is 468 g/mol. The van der Waals surface area contributed by atoms with Crippen LogP contribution in [0.4, 0.5) is 0 Å². The minimum Gasteiger partial charge on any atom is -0.508 e. The van der Waals surface area contributed by atoms with E-state index in [1.165, 1.54) is 19.1 Å². The van der Waals surface area contributed by atoms with E-state index < -0.39 is 42.3 Å². The second kappa shape index (κ2) is 14.1. The summed E-state index contributed by atoms with van der Waals surface area (Å²) in [7, 11) is 0. The fourth-order valence-electron chi connectivity index (χ4n) is 3.19. The number of carbonyl (C=O) groups is 5. The Hall–Kier alpha value is -4.41. The van der Waals surface area contributed by atoms with Gasteiger partial charge in [0, 0.05) is 12.8 Å². The minimum atomic E-state index is -1.22. The molecule has 36 heavy (non-hydrogen) atoms. The Kier molecular flexibility index (Phi) is 10.9. The Balaban J connectivity index is 1.91. The van der Waals surface area contributed by atoms with Gasteiger partial charge in [-0.1, -0.05) is 42.5 Å². The molecule has 0 aliphatic heterocycles. The summed E-state index contributed by atoms with van der Waals surface area (Å²) >= 11 is 0. The second-order valence-corrected chi connectivity index (χ2v) is 8.09. The standard InChI is InChI=1S/C25H30N4O7/c1-16(24(35)27-15-23(33)34)28-25(36)20(13-18-5-3-2-4-6-18)29-22(32)14-26-21(31)12-9-17-7-10-19(30)11-8-17/h2-8,10-11,16,20,30H,9,12-15H2,1H3,(H,26,31)(H,27,35)(H,28,36)(H,29,32)(H,33,34)/t16-,20-/m0/s1. The zero-order valence-electron chi connectivity index (χ0n) is 19.8. The molecule has 0 spiro atoms. The zero-order valence-corrected chi connectivity index (χ0v) is 19.8. The summed E-state index contributed by atoms with van der Waals surface area (Å²) in [6, 6.07) is 13.3. The van der Waals surface area contributed by atoms with Gasteiger partial charge in [0.15, 0.2) is 0 Å². The largest absolute Gasteiger partial charge is 0.508 e. The number of phenols is 1. The summed E-state index contributed by atoms with van der Waals surface area (Å²) in [5.41, 5.74) is 1.62. The van der Waals surface area contributed by atoms with Crippen LogP contribution in [0, 0.1) is 0 Å². The Morgan fingerprint density at radius 2 is 1.44 bits per heavy atom. The van der Waals surface area contributed by atoms with Crippen LogP contribution in [0.2, 0.25) is 0 Å². The van der Waals surface area contributed by atoms with E-state index in [-0.39, 0.29) is 31.0 Å². The van der Waals surface area contributed by atoms with Crippen LogP contribution in [0.3, 0.4) is 0 Å². The first-order valence-electron chi connectivity index (χ1n) is 11.3. The quantitative estimate of drug-likeness (QED) is 0.223. The smallest absolute Gasteiger partial charge is 0.322 e. The van der Waals surface area contributed by atoms with Crippen LogP contribution in [-0.2, 0) is 36.8 Å².